The summed E-state index contributed by atoms with van der Waals surface area (Å²) in [6, 6.07) is -0.842. The van der Waals surface area contributed by atoms with Crippen molar-refractivity contribution in [3.05, 3.63) is 11.1 Å². The van der Waals surface area contributed by atoms with Crippen molar-refractivity contribution in [2.75, 3.05) is 5.73 Å². The van der Waals surface area contributed by atoms with Crippen molar-refractivity contribution < 1.29 is 14.4 Å². The van der Waals surface area contributed by atoms with Crippen LogP contribution in [0.3, 0.4) is 0 Å². The first kappa shape index (κ1) is 11.3. The van der Waals surface area contributed by atoms with E-state index in [1.54, 1.807) is 5.38 Å². The number of aromatic nitrogens is 1. The van der Waals surface area contributed by atoms with Gasteiger partial charge >= 0.3 is 0 Å². The molecule has 15 heavy (non-hydrogen) atoms. The van der Waals surface area contributed by atoms with Crippen molar-refractivity contribution in [2.45, 2.75) is 12.5 Å². The second-order valence-electron chi connectivity index (χ2n) is 2.66. The zero-order chi connectivity index (χ0) is 11.3. The van der Waals surface area contributed by atoms with Crippen molar-refractivity contribution in [1.29, 1.82) is 0 Å². The summed E-state index contributed by atoms with van der Waals surface area (Å²) in [5.41, 5.74) is 5.76. The lowest BCUT2D eigenvalue weighted by molar-refractivity contribution is -0.126. The van der Waals surface area contributed by atoms with E-state index in [0.717, 1.165) is 0 Å². The van der Waals surface area contributed by atoms with E-state index in [9.17, 15) is 14.4 Å². The molecule has 1 aromatic rings. The van der Waals surface area contributed by atoms with E-state index in [1.165, 1.54) is 11.3 Å². The molecule has 3 N–H and O–H groups in total. The number of hydrogen-bond acceptors (Lipinski definition) is 6. The number of anilines is 1. The van der Waals surface area contributed by atoms with Crippen LogP contribution in [0.5, 0.6) is 0 Å². The molecule has 7 heteroatoms. The van der Waals surface area contributed by atoms with Crippen LogP contribution in [-0.4, -0.2) is 23.5 Å². The second kappa shape index (κ2) is 5.20. The van der Waals surface area contributed by atoms with Gasteiger partial charge in [0.05, 0.1) is 12.1 Å². The molecule has 1 rings (SSSR count). The summed E-state index contributed by atoms with van der Waals surface area (Å²) in [4.78, 5) is 35.6. The highest BCUT2D eigenvalue weighted by Gasteiger charge is 2.15. The number of carbonyl (C=O) groups is 3. The smallest absolute Gasteiger partial charge is 0.228 e. The van der Waals surface area contributed by atoms with Crippen molar-refractivity contribution in [3.63, 3.8) is 0 Å². The minimum atomic E-state index is -0.842. The lowest BCUT2D eigenvalue weighted by atomic mass is 10.2. The van der Waals surface area contributed by atoms with E-state index in [2.05, 4.69) is 10.3 Å². The molecule has 0 aliphatic carbocycles. The molecule has 0 radical (unpaired) electrons. The largest absolute Gasteiger partial charge is 0.375 e. The number of rotatable bonds is 5. The molecular weight excluding hydrogens is 218 g/mol. The van der Waals surface area contributed by atoms with Gasteiger partial charge in [-0.25, -0.2) is 4.98 Å². The van der Waals surface area contributed by atoms with Crippen LogP contribution in [0, 0.1) is 0 Å². The number of nitrogens with two attached hydrogens (primary N) is 1. The van der Waals surface area contributed by atoms with Crippen LogP contribution < -0.4 is 11.1 Å². The lowest BCUT2D eigenvalue weighted by Crippen LogP contribution is -2.29. The average molecular weight is 227 g/mol. The van der Waals surface area contributed by atoms with E-state index >= 15 is 0 Å². The molecular formula is C8H9N3O3S. The molecule has 0 aliphatic heterocycles. The Morgan fingerprint density at radius 1 is 1.67 bits per heavy atom. The molecule has 0 spiro atoms. The van der Waals surface area contributed by atoms with E-state index in [0.29, 0.717) is 23.4 Å². The van der Waals surface area contributed by atoms with Gasteiger partial charge in [0.1, 0.15) is 18.6 Å². The highest BCUT2D eigenvalue weighted by Crippen LogP contribution is 2.16. The number of nitrogen functional groups attached to an aromatic ring is 1. The SMILES string of the molecule is Nc1nc(C(C=O)NC(=O)CC=O)cs1. The molecule has 1 heterocycles. The van der Waals surface area contributed by atoms with Crippen LogP contribution >= 0.6 is 11.3 Å². The number of carbonyl (C=O) groups excluding carboxylic acids is 3. The van der Waals surface area contributed by atoms with Gasteiger partial charge in [-0.2, -0.15) is 0 Å². The number of aldehydes is 2. The summed E-state index contributed by atoms with van der Waals surface area (Å²) in [6.07, 6.45) is 0.730. The molecule has 1 aromatic heterocycles. The lowest BCUT2D eigenvalue weighted by Gasteiger charge is -2.08. The monoisotopic (exact) mass is 227 g/mol. The zero-order valence-electron chi connectivity index (χ0n) is 7.67. The Hall–Kier alpha value is -1.76. The van der Waals surface area contributed by atoms with E-state index in [4.69, 9.17) is 5.73 Å². The molecule has 1 unspecified atom stereocenters. The highest BCUT2D eigenvalue weighted by atomic mass is 32.1. The van der Waals surface area contributed by atoms with E-state index in [-0.39, 0.29) is 6.42 Å². The van der Waals surface area contributed by atoms with Gasteiger partial charge in [-0.05, 0) is 0 Å². The van der Waals surface area contributed by atoms with Crippen molar-refractivity contribution in [2.24, 2.45) is 0 Å². The Labute approximate surface area is 89.5 Å². The van der Waals surface area contributed by atoms with Gasteiger partial charge in [-0.15, -0.1) is 11.3 Å². The molecule has 80 valence electrons. The van der Waals surface area contributed by atoms with Crippen LogP contribution in [0.1, 0.15) is 18.2 Å². The number of thiazole rings is 1. The van der Waals surface area contributed by atoms with Gasteiger partial charge in [0, 0.05) is 5.38 Å². The van der Waals surface area contributed by atoms with Crippen LogP contribution in [0.4, 0.5) is 5.13 Å². The Kier molecular flexibility index (Phi) is 3.92. The highest BCUT2D eigenvalue weighted by molar-refractivity contribution is 7.13. The third-order valence-electron chi connectivity index (χ3n) is 1.58. The van der Waals surface area contributed by atoms with Crippen molar-refractivity contribution >= 4 is 34.9 Å². The Morgan fingerprint density at radius 2 is 2.40 bits per heavy atom. The maximum atomic E-state index is 11.0. The summed E-state index contributed by atoms with van der Waals surface area (Å²) < 4.78 is 0. The maximum Gasteiger partial charge on any atom is 0.228 e. The predicted octanol–water partition coefficient (Wildman–Crippen LogP) is -0.330. The van der Waals surface area contributed by atoms with Gasteiger partial charge in [0.2, 0.25) is 5.91 Å². The Bertz CT molecular complexity index is 377. The van der Waals surface area contributed by atoms with Gasteiger partial charge in [-0.1, -0.05) is 0 Å². The fourth-order valence-electron chi connectivity index (χ4n) is 0.929. The summed E-state index contributed by atoms with van der Waals surface area (Å²) in [5.74, 6) is -0.520. The second-order valence-corrected chi connectivity index (χ2v) is 3.55. The summed E-state index contributed by atoms with van der Waals surface area (Å²) in [7, 11) is 0. The fourth-order valence-corrected chi connectivity index (χ4v) is 1.53. The van der Waals surface area contributed by atoms with Gasteiger partial charge in [-0.3, -0.25) is 4.79 Å². The van der Waals surface area contributed by atoms with Crippen LogP contribution in [0.15, 0.2) is 5.38 Å². The molecule has 0 aromatic carbocycles. The fraction of sp³-hybridized carbons (Fsp3) is 0.250. The minimum absolute atomic E-state index is 0.274. The number of hydrogen-bond donors (Lipinski definition) is 2. The van der Waals surface area contributed by atoms with Crippen LogP contribution in [0.2, 0.25) is 0 Å². The predicted molar refractivity (Wildman–Crippen MR) is 54.2 cm³/mol. The van der Waals surface area contributed by atoms with E-state index < -0.39 is 11.9 Å². The summed E-state index contributed by atoms with van der Waals surface area (Å²) >= 11 is 1.18. The van der Waals surface area contributed by atoms with E-state index in [1.807, 2.05) is 0 Å². The third kappa shape index (κ3) is 3.13. The molecule has 1 amide bonds. The molecule has 0 fully saturated rings. The molecule has 0 saturated carbocycles. The number of nitrogens with one attached hydrogen (secondary N) is 1. The van der Waals surface area contributed by atoms with Gasteiger partial charge in [0.15, 0.2) is 5.13 Å². The zero-order valence-corrected chi connectivity index (χ0v) is 8.49. The first-order valence-corrected chi connectivity index (χ1v) is 4.94. The minimum Gasteiger partial charge on any atom is -0.375 e. The Morgan fingerprint density at radius 3 is 2.87 bits per heavy atom. The van der Waals surface area contributed by atoms with Gasteiger partial charge < -0.3 is 20.6 Å². The molecule has 1 atom stereocenters. The number of nitrogens with zero attached hydrogens (tertiary/aromatic N) is 1. The van der Waals surface area contributed by atoms with Crippen molar-refractivity contribution in [3.8, 4) is 0 Å². The molecule has 0 saturated heterocycles. The van der Waals surface area contributed by atoms with Crippen LogP contribution in [0.25, 0.3) is 0 Å². The van der Waals surface area contributed by atoms with Crippen LogP contribution in [-0.2, 0) is 14.4 Å². The third-order valence-corrected chi connectivity index (χ3v) is 2.27. The topological polar surface area (TPSA) is 102 Å². The normalized spacial score (nSPS) is 11.7. The average Bonchev–Trinajstić information content (AvgIpc) is 2.61. The Balaban J connectivity index is 2.68. The summed E-state index contributed by atoms with van der Waals surface area (Å²) in [5, 5.41) is 4.25. The first-order chi connectivity index (χ1) is 7.17. The first-order valence-electron chi connectivity index (χ1n) is 4.06. The maximum absolute atomic E-state index is 11.0. The van der Waals surface area contributed by atoms with Gasteiger partial charge in [0.25, 0.3) is 0 Å². The summed E-state index contributed by atoms with van der Waals surface area (Å²) in [6.45, 7) is 0. The molecule has 0 aliphatic rings. The van der Waals surface area contributed by atoms with Crippen molar-refractivity contribution in [1.82, 2.24) is 10.3 Å². The quantitative estimate of drug-likeness (QED) is 0.529. The molecule has 0 bridgehead atoms. The molecule has 6 nitrogen and oxygen atoms in total. The number of amides is 1. The standard InChI is InChI=1S/C8H9N3O3S/c9-8-11-6(4-15-8)5(3-13)10-7(14)1-2-12/h2-5H,1H2,(H2,9,11)(H,10,14).